The average Bonchev–Trinajstić information content (AvgIpc) is 2.08. The Morgan fingerprint density at radius 1 is 1.47 bits per heavy atom. The Hall–Kier alpha value is -0.466. The van der Waals surface area contributed by atoms with Gasteiger partial charge in [0.2, 0.25) is 0 Å². The average molecular weight is 277 g/mol. The number of hydrogen-bond donors (Lipinski definition) is 1. The Labute approximate surface area is 116 Å². The van der Waals surface area contributed by atoms with Crippen LogP contribution in [0.1, 0.15) is 23.6 Å². The van der Waals surface area contributed by atoms with E-state index in [4.69, 9.17) is 5.73 Å². The predicted molar refractivity (Wildman–Crippen MR) is 57.6 cm³/mol. The van der Waals surface area contributed by atoms with Gasteiger partial charge in [0.05, 0.1) is 0 Å². The molecular formula is C12H14NOY-. The van der Waals surface area contributed by atoms with Crippen LogP contribution in [0.3, 0.4) is 0 Å². The van der Waals surface area contributed by atoms with Crippen LogP contribution in [-0.2, 0) is 37.5 Å². The quantitative estimate of drug-likeness (QED) is 0.663. The second kappa shape index (κ2) is 6.19. The summed E-state index contributed by atoms with van der Waals surface area (Å²) in [5.41, 5.74) is 9.28. The number of aryl methyl sites for hydroxylation is 2. The van der Waals surface area contributed by atoms with Crippen molar-refractivity contribution in [3.8, 4) is 0 Å². The summed E-state index contributed by atoms with van der Waals surface area (Å²) in [5.74, 6) is -0.0348. The largest absolute Gasteiger partial charge is 0.400 e. The molecule has 1 aromatic rings. The van der Waals surface area contributed by atoms with Crippen LogP contribution >= 0.6 is 0 Å². The molecule has 0 heterocycles. The molecule has 0 aliphatic rings. The molecule has 0 saturated carbocycles. The van der Waals surface area contributed by atoms with Gasteiger partial charge < -0.3 is 5.73 Å². The molecule has 0 aliphatic heterocycles. The zero-order chi connectivity index (χ0) is 10.7. The molecular weight excluding hydrogens is 263 g/mol. The van der Waals surface area contributed by atoms with Crippen LogP contribution in [0.4, 0.5) is 0 Å². The number of hydrogen-bond acceptors (Lipinski definition) is 2. The van der Waals surface area contributed by atoms with Gasteiger partial charge in [0, 0.05) is 44.5 Å². The predicted octanol–water partition coefficient (Wildman–Crippen LogP) is 1.99. The first-order valence-electron chi connectivity index (χ1n) is 4.47. The molecule has 15 heavy (non-hydrogen) atoms. The summed E-state index contributed by atoms with van der Waals surface area (Å²) in [7, 11) is 0. The first-order chi connectivity index (χ1) is 6.50. The number of carbonyl (C=O) groups is 1. The molecule has 0 spiro atoms. The van der Waals surface area contributed by atoms with Crippen molar-refractivity contribution >= 4 is 11.5 Å². The fraction of sp³-hybridized carbons (Fsp3) is 0.250. The van der Waals surface area contributed by atoms with Crippen molar-refractivity contribution in [3.05, 3.63) is 41.0 Å². The summed E-state index contributed by atoms with van der Waals surface area (Å²) in [6.07, 6.45) is 1.45. The fourth-order valence-electron chi connectivity index (χ4n) is 1.28. The van der Waals surface area contributed by atoms with E-state index in [1.807, 2.05) is 26.0 Å². The summed E-state index contributed by atoms with van der Waals surface area (Å²) < 4.78 is 0. The maximum absolute atomic E-state index is 10.9. The summed E-state index contributed by atoms with van der Waals surface area (Å²) in [6, 6.07) is 6.90. The molecule has 1 radical (unpaired) electrons. The zero-order valence-electron chi connectivity index (χ0n) is 9.29. The van der Waals surface area contributed by atoms with Crippen LogP contribution in [0.15, 0.2) is 18.2 Å². The van der Waals surface area contributed by atoms with E-state index in [9.17, 15) is 4.79 Å². The monoisotopic (exact) mass is 277 g/mol. The molecule has 0 fully saturated rings. The number of rotatable bonds is 2. The van der Waals surface area contributed by atoms with Gasteiger partial charge in [-0.15, -0.1) is 11.1 Å². The third kappa shape index (κ3) is 4.27. The summed E-state index contributed by atoms with van der Waals surface area (Å²) in [4.78, 5) is 10.9. The van der Waals surface area contributed by atoms with Gasteiger partial charge in [-0.25, -0.2) is 0 Å². The number of nitrogens with two attached hydrogens (primary N) is 1. The molecule has 0 atom stereocenters. The minimum absolute atomic E-state index is 0. The molecule has 0 aromatic heterocycles. The zero-order valence-corrected chi connectivity index (χ0v) is 12.1. The van der Waals surface area contributed by atoms with Crippen molar-refractivity contribution in [1.29, 1.82) is 0 Å². The number of ketones is 1. The van der Waals surface area contributed by atoms with Crippen LogP contribution in [0.2, 0.25) is 0 Å². The third-order valence-electron chi connectivity index (χ3n) is 1.97. The van der Waals surface area contributed by atoms with Crippen molar-refractivity contribution in [1.82, 2.24) is 0 Å². The SMILES string of the molecule is CC(=O)/C=C(\N)c1cc(C)[c-]cc1C.[Y]. The van der Waals surface area contributed by atoms with E-state index >= 15 is 0 Å². The van der Waals surface area contributed by atoms with E-state index in [0.717, 1.165) is 16.7 Å². The number of benzene rings is 1. The molecule has 0 aliphatic carbocycles. The van der Waals surface area contributed by atoms with Gasteiger partial charge in [-0.05, 0) is 6.92 Å². The summed E-state index contributed by atoms with van der Waals surface area (Å²) >= 11 is 0. The first kappa shape index (κ1) is 14.5. The second-order valence-electron chi connectivity index (χ2n) is 3.42. The van der Waals surface area contributed by atoms with Crippen molar-refractivity contribution in [2.24, 2.45) is 5.73 Å². The fourth-order valence-corrected chi connectivity index (χ4v) is 1.28. The van der Waals surface area contributed by atoms with E-state index in [-0.39, 0.29) is 38.5 Å². The van der Waals surface area contributed by atoms with Gasteiger partial charge in [0.1, 0.15) is 0 Å². The minimum Gasteiger partial charge on any atom is -0.400 e. The van der Waals surface area contributed by atoms with Gasteiger partial charge >= 0.3 is 0 Å². The minimum atomic E-state index is -0.0348. The van der Waals surface area contributed by atoms with Crippen LogP contribution in [0.5, 0.6) is 0 Å². The molecule has 3 heteroatoms. The van der Waals surface area contributed by atoms with Crippen LogP contribution in [0, 0.1) is 19.9 Å². The standard InChI is InChI=1S/C12H14NO.Y/c1-8-4-5-9(2)11(6-8)12(13)7-10(3)14;/h5-7H,13H2,1-3H3;/q-1;/b12-7-;. The van der Waals surface area contributed by atoms with Crippen LogP contribution in [-0.4, -0.2) is 5.78 Å². The molecule has 1 aromatic carbocycles. The molecule has 2 N–H and O–H groups in total. The molecule has 2 nitrogen and oxygen atoms in total. The van der Waals surface area contributed by atoms with Crippen molar-refractivity contribution < 1.29 is 37.5 Å². The van der Waals surface area contributed by atoms with Crippen LogP contribution < -0.4 is 5.73 Å². The first-order valence-corrected chi connectivity index (χ1v) is 4.47. The van der Waals surface area contributed by atoms with E-state index in [1.54, 1.807) is 0 Å². The van der Waals surface area contributed by atoms with Gasteiger partial charge in [-0.1, -0.05) is 13.8 Å². The summed E-state index contributed by atoms with van der Waals surface area (Å²) in [6.45, 7) is 5.39. The van der Waals surface area contributed by atoms with Gasteiger partial charge in [-0.3, -0.25) is 4.79 Å². The van der Waals surface area contributed by atoms with E-state index in [0.29, 0.717) is 5.70 Å². The van der Waals surface area contributed by atoms with Crippen molar-refractivity contribution in [2.45, 2.75) is 20.8 Å². The molecule has 0 amide bonds. The Balaban J connectivity index is 0.00000196. The molecule has 0 unspecified atom stereocenters. The normalized spacial score (nSPS) is 10.7. The Morgan fingerprint density at radius 2 is 2.07 bits per heavy atom. The van der Waals surface area contributed by atoms with Crippen molar-refractivity contribution in [2.75, 3.05) is 0 Å². The van der Waals surface area contributed by atoms with Gasteiger partial charge in [0.15, 0.2) is 5.78 Å². The number of allylic oxidation sites excluding steroid dienone is 1. The molecule has 0 bridgehead atoms. The molecule has 77 valence electrons. The second-order valence-corrected chi connectivity index (χ2v) is 3.42. The van der Waals surface area contributed by atoms with Gasteiger partial charge in [-0.2, -0.15) is 23.8 Å². The van der Waals surface area contributed by atoms with Crippen LogP contribution in [0.25, 0.3) is 5.70 Å². The Morgan fingerprint density at radius 3 is 2.60 bits per heavy atom. The topological polar surface area (TPSA) is 43.1 Å². The van der Waals surface area contributed by atoms with Crippen molar-refractivity contribution in [3.63, 3.8) is 0 Å². The Kier molecular flexibility index (Phi) is 6.00. The van der Waals surface area contributed by atoms with E-state index < -0.39 is 0 Å². The van der Waals surface area contributed by atoms with E-state index in [2.05, 4.69) is 6.07 Å². The van der Waals surface area contributed by atoms with E-state index in [1.165, 1.54) is 13.0 Å². The third-order valence-corrected chi connectivity index (χ3v) is 1.97. The smallest absolute Gasteiger partial charge is 0.154 e. The Bertz CT molecular complexity index is 397. The molecule has 0 saturated heterocycles. The summed E-state index contributed by atoms with van der Waals surface area (Å²) in [5, 5.41) is 0. The maximum atomic E-state index is 10.9. The number of carbonyl (C=O) groups excluding carboxylic acids is 1. The maximum Gasteiger partial charge on any atom is 0.154 e. The molecule has 1 rings (SSSR count). The van der Waals surface area contributed by atoms with Gasteiger partial charge in [0.25, 0.3) is 0 Å².